The van der Waals surface area contributed by atoms with Crippen LogP contribution in [0.5, 0.6) is 0 Å². The van der Waals surface area contributed by atoms with Crippen molar-refractivity contribution in [2.24, 2.45) is 0 Å². The number of thiophene rings is 1. The molecule has 1 aromatic carbocycles. The summed E-state index contributed by atoms with van der Waals surface area (Å²) in [6.07, 6.45) is -4.70. The molecule has 0 radical (unpaired) electrons. The van der Waals surface area contributed by atoms with E-state index in [9.17, 15) is 22.6 Å². The lowest BCUT2D eigenvalue weighted by Gasteiger charge is -2.11. The lowest BCUT2D eigenvalue weighted by Crippen LogP contribution is -2.16. The molecule has 0 spiro atoms. The lowest BCUT2D eigenvalue weighted by molar-refractivity contribution is -0.141. The zero-order valence-electron chi connectivity index (χ0n) is 12.8. The van der Waals surface area contributed by atoms with E-state index in [0.717, 1.165) is 6.07 Å². The van der Waals surface area contributed by atoms with E-state index in [2.05, 4.69) is 9.97 Å². The standard InChI is InChI=1S/C17H8F3N3OS2/c18-17(19,20)14-8-12(13-6-3-7-25-13)22-16(23-14)15(26-24)11-5-2-1-4-10(11)9-21/h1-8H. The highest BCUT2D eigenvalue weighted by atomic mass is 32.1. The summed E-state index contributed by atoms with van der Waals surface area (Å²) in [6, 6.07) is 12.2. The van der Waals surface area contributed by atoms with Gasteiger partial charge in [-0.25, -0.2) is 14.2 Å². The third-order valence-electron chi connectivity index (χ3n) is 3.37. The molecule has 26 heavy (non-hydrogen) atoms. The van der Waals surface area contributed by atoms with E-state index < -0.39 is 11.9 Å². The van der Waals surface area contributed by atoms with Gasteiger partial charge >= 0.3 is 6.18 Å². The highest BCUT2D eigenvalue weighted by Crippen LogP contribution is 2.32. The Balaban J connectivity index is 2.25. The Morgan fingerprint density at radius 2 is 1.92 bits per heavy atom. The molecule has 4 nitrogen and oxygen atoms in total. The second-order valence-corrected chi connectivity index (χ2v) is 6.53. The van der Waals surface area contributed by atoms with Crippen LogP contribution in [-0.4, -0.2) is 19.0 Å². The van der Waals surface area contributed by atoms with Gasteiger partial charge in [0.05, 0.1) is 22.2 Å². The molecule has 2 heterocycles. The van der Waals surface area contributed by atoms with Crippen molar-refractivity contribution in [1.82, 2.24) is 9.97 Å². The molecule has 0 unspecified atom stereocenters. The molecule has 0 bridgehead atoms. The Bertz CT molecular complexity index is 1050. The summed E-state index contributed by atoms with van der Waals surface area (Å²) in [6.45, 7) is 0. The first kappa shape index (κ1) is 18.0. The predicted molar refractivity (Wildman–Crippen MR) is 92.9 cm³/mol. The molecule has 0 saturated carbocycles. The third kappa shape index (κ3) is 3.56. The zero-order chi connectivity index (χ0) is 18.7. The van der Waals surface area contributed by atoms with Crippen LogP contribution in [0, 0.1) is 11.3 Å². The maximum absolute atomic E-state index is 13.3. The summed E-state index contributed by atoms with van der Waals surface area (Å²) in [5.74, 6) is -0.356. The van der Waals surface area contributed by atoms with Gasteiger partial charge in [-0.05, 0) is 23.6 Å². The fraction of sp³-hybridized carbons (Fsp3) is 0.0588. The first-order valence-corrected chi connectivity index (χ1v) is 8.73. The van der Waals surface area contributed by atoms with Gasteiger partial charge in [0.1, 0.15) is 21.8 Å². The first-order valence-electron chi connectivity index (χ1n) is 7.11. The van der Waals surface area contributed by atoms with E-state index in [0.29, 0.717) is 4.88 Å². The number of hydrogen-bond acceptors (Lipinski definition) is 5. The normalized spacial score (nSPS) is 11.0. The Labute approximate surface area is 153 Å². The number of aromatic nitrogens is 2. The van der Waals surface area contributed by atoms with Gasteiger partial charge in [-0.3, -0.25) is 0 Å². The molecule has 0 atom stereocenters. The predicted octanol–water partition coefficient (Wildman–Crippen LogP) is 3.88. The van der Waals surface area contributed by atoms with E-state index in [1.807, 2.05) is 6.07 Å². The quantitative estimate of drug-likeness (QED) is 0.502. The van der Waals surface area contributed by atoms with Gasteiger partial charge in [-0.15, -0.1) is 11.3 Å². The molecule has 0 fully saturated rings. The van der Waals surface area contributed by atoms with Crippen molar-refractivity contribution in [2.75, 3.05) is 0 Å². The molecular weight excluding hydrogens is 383 g/mol. The summed E-state index contributed by atoms with van der Waals surface area (Å²) in [5, 5.41) is 10.9. The van der Waals surface area contributed by atoms with Crippen LogP contribution in [0.4, 0.5) is 13.2 Å². The van der Waals surface area contributed by atoms with Crippen LogP contribution in [0.15, 0.2) is 47.8 Å². The van der Waals surface area contributed by atoms with Crippen molar-refractivity contribution in [3.63, 3.8) is 0 Å². The lowest BCUT2D eigenvalue weighted by atomic mass is 10.0. The van der Waals surface area contributed by atoms with Gasteiger partial charge < -0.3 is 0 Å². The Hall–Kier alpha value is -2.83. The average molecular weight is 391 g/mol. The van der Waals surface area contributed by atoms with Crippen LogP contribution in [0.25, 0.3) is 10.6 Å². The molecule has 0 aliphatic heterocycles. The third-order valence-corrected chi connectivity index (χ3v) is 4.83. The van der Waals surface area contributed by atoms with Crippen LogP contribution in [0.1, 0.15) is 22.6 Å². The molecule has 0 saturated heterocycles. The van der Waals surface area contributed by atoms with E-state index in [-0.39, 0.29) is 38.8 Å². The monoisotopic (exact) mass is 391 g/mol. The van der Waals surface area contributed by atoms with E-state index in [4.69, 9.17) is 0 Å². The van der Waals surface area contributed by atoms with E-state index in [1.165, 1.54) is 23.5 Å². The zero-order valence-corrected chi connectivity index (χ0v) is 14.5. The molecule has 3 rings (SSSR count). The van der Waals surface area contributed by atoms with Gasteiger partial charge in [0.2, 0.25) is 0 Å². The second kappa shape index (κ2) is 7.19. The van der Waals surface area contributed by atoms with Crippen molar-refractivity contribution < 1.29 is 17.4 Å². The molecule has 3 aromatic rings. The Kier molecular flexibility index (Phi) is 4.97. The fourth-order valence-corrected chi connectivity index (χ4v) is 3.35. The summed E-state index contributed by atoms with van der Waals surface area (Å²) in [7, 11) is 0. The van der Waals surface area contributed by atoms with Crippen molar-refractivity contribution >= 4 is 27.5 Å². The smallest absolute Gasteiger partial charge is 0.226 e. The van der Waals surface area contributed by atoms with Crippen molar-refractivity contribution in [1.29, 1.82) is 5.26 Å². The minimum Gasteiger partial charge on any atom is -0.226 e. The largest absolute Gasteiger partial charge is 0.433 e. The van der Waals surface area contributed by atoms with Gasteiger partial charge in [0.25, 0.3) is 0 Å². The number of hydrogen-bond donors (Lipinski definition) is 0. The molecule has 9 heteroatoms. The molecule has 0 amide bonds. The van der Waals surface area contributed by atoms with Crippen LogP contribution >= 0.6 is 11.3 Å². The highest BCUT2D eigenvalue weighted by molar-refractivity contribution is 7.67. The summed E-state index contributed by atoms with van der Waals surface area (Å²) in [5.41, 5.74) is -0.721. The SMILES string of the molecule is N#Cc1ccccc1C(=S=O)c1nc(-c2cccs2)cc(C(F)(F)F)n1. The van der Waals surface area contributed by atoms with Crippen LogP contribution in [0.3, 0.4) is 0 Å². The van der Waals surface area contributed by atoms with Gasteiger partial charge in [0, 0.05) is 5.56 Å². The van der Waals surface area contributed by atoms with Crippen LogP contribution in [-0.2, 0) is 17.4 Å². The summed E-state index contributed by atoms with van der Waals surface area (Å²) >= 11 is 1.18. The van der Waals surface area contributed by atoms with Crippen LogP contribution < -0.4 is 0 Å². The number of nitrogens with zero attached hydrogens (tertiary/aromatic N) is 3. The number of benzene rings is 1. The van der Waals surface area contributed by atoms with Crippen molar-refractivity contribution in [3.05, 3.63) is 70.5 Å². The average Bonchev–Trinajstić information content (AvgIpc) is 3.16. The van der Waals surface area contributed by atoms with Gasteiger partial charge in [-0.2, -0.15) is 18.4 Å². The van der Waals surface area contributed by atoms with E-state index >= 15 is 0 Å². The molecule has 0 N–H and O–H groups in total. The van der Waals surface area contributed by atoms with Crippen LogP contribution in [0.2, 0.25) is 0 Å². The molecule has 0 aliphatic rings. The minimum absolute atomic E-state index is 0.0425. The summed E-state index contributed by atoms with van der Waals surface area (Å²) < 4.78 is 51.5. The number of rotatable bonds is 3. The van der Waals surface area contributed by atoms with Gasteiger partial charge in [-0.1, -0.05) is 24.3 Å². The molecule has 0 aliphatic carbocycles. The Morgan fingerprint density at radius 1 is 1.15 bits per heavy atom. The van der Waals surface area contributed by atoms with Crippen molar-refractivity contribution in [3.8, 4) is 16.6 Å². The Morgan fingerprint density at radius 3 is 2.54 bits per heavy atom. The minimum atomic E-state index is -4.70. The molecular formula is C17H8F3N3OS2. The topological polar surface area (TPSA) is 66.6 Å². The summed E-state index contributed by atoms with van der Waals surface area (Å²) in [4.78, 5) is 8.07. The second-order valence-electron chi connectivity index (χ2n) is 5.01. The number of halogens is 3. The maximum atomic E-state index is 13.3. The first-order chi connectivity index (χ1) is 12.4. The highest BCUT2D eigenvalue weighted by Gasteiger charge is 2.34. The maximum Gasteiger partial charge on any atom is 0.433 e. The number of nitriles is 1. The van der Waals surface area contributed by atoms with Gasteiger partial charge in [0.15, 0.2) is 5.82 Å². The van der Waals surface area contributed by atoms with E-state index in [1.54, 1.807) is 29.6 Å². The molecule has 130 valence electrons. The van der Waals surface area contributed by atoms with Crippen molar-refractivity contribution in [2.45, 2.75) is 6.18 Å². The number of alkyl halides is 3. The molecule has 2 aromatic heterocycles. The fourth-order valence-electron chi connectivity index (χ4n) is 2.23.